The van der Waals surface area contributed by atoms with Crippen molar-refractivity contribution >= 4 is 50.7 Å². The number of aryl methyl sites for hydroxylation is 1. The average molecular weight is 621 g/mol. The van der Waals surface area contributed by atoms with Gasteiger partial charge in [0.2, 0.25) is 11.8 Å². The number of nitrogens with one attached hydrogen (secondary N) is 1. The summed E-state index contributed by atoms with van der Waals surface area (Å²) < 4.78 is 34.4. The number of ether oxygens (including phenoxy) is 1. The van der Waals surface area contributed by atoms with Gasteiger partial charge in [0, 0.05) is 28.2 Å². The van der Waals surface area contributed by atoms with Crippen LogP contribution in [-0.2, 0) is 26.2 Å². The van der Waals surface area contributed by atoms with Crippen molar-refractivity contribution in [3.63, 3.8) is 0 Å². The molecule has 0 fully saturated rings. The zero-order valence-corrected chi connectivity index (χ0v) is 26.1. The summed E-state index contributed by atoms with van der Waals surface area (Å²) >= 11 is 12.8. The molecule has 1 atom stereocenters. The van der Waals surface area contributed by atoms with Gasteiger partial charge in [-0.05, 0) is 83.1 Å². The first-order chi connectivity index (χ1) is 19.3. The van der Waals surface area contributed by atoms with Gasteiger partial charge in [-0.3, -0.25) is 13.9 Å². The van der Waals surface area contributed by atoms with Crippen LogP contribution in [0.3, 0.4) is 0 Å². The Morgan fingerprint density at radius 3 is 2.05 bits per heavy atom. The lowest BCUT2D eigenvalue weighted by Crippen LogP contribution is -2.52. The van der Waals surface area contributed by atoms with Gasteiger partial charge in [-0.1, -0.05) is 47.0 Å². The number of anilines is 1. The number of rotatable bonds is 12. The highest BCUT2D eigenvalue weighted by Gasteiger charge is 2.33. The van der Waals surface area contributed by atoms with E-state index in [2.05, 4.69) is 5.32 Å². The number of sulfonamides is 1. The molecule has 11 heteroatoms. The first-order valence-electron chi connectivity index (χ1n) is 13.2. The number of halogens is 2. The average Bonchev–Trinajstić information content (AvgIpc) is 2.91. The van der Waals surface area contributed by atoms with Gasteiger partial charge in [-0.2, -0.15) is 0 Å². The van der Waals surface area contributed by atoms with Crippen LogP contribution in [0.2, 0.25) is 10.0 Å². The molecule has 0 bridgehead atoms. The highest BCUT2D eigenvalue weighted by atomic mass is 35.5. The summed E-state index contributed by atoms with van der Waals surface area (Å²) in [5, 5.41) is 3.46. The second-order valence-electron chi connectivity index (χ2n) is 9.81. The normalized spacial score (nSPS) is 12.1. The lowest BCUT2D eigenvalue weighted by atomic mass is 10.1. The molecule has 0 aliphatic rings. The minimum absolute atomic E-state index is 0.0242. The van der Waals surface area contributed by atoms with Gasteiger partial charge in [0.15, 0.2) is 0 Å². The largest absolute Gasteiger partial charge is 0.494 e. The molecule has 0 aliphatic carbocycles. The first-order valence-corrected chi connectivity index (χ1v) is 15.4. The lowest BCUT2D eigenvalue weighted by molar-refractivity contribution is -0.139. The van der Waals surface area contributed by atoms with E-state index in [1.54, 1.807) is 61.5 Å². The summed E-state index contributed by atoms with van der Waals surface area (Å²) in [5.41, 5.74) is 1.60. The van der Waals surface area contributed by atoms with Gasteiger partial charge in [-0.15, -0.1) is 0 Å². The minimum atomic E-state index is -4.19. The minimum Gasteiger partial charge on any atom is -0.494 e. The molecule has 2 amide bonds. The molecule has 8 nitrogen and oxygen atoms in total. The van der Waals surface area contributed by atoms with Crippen LogP contribution in [0.1, 0.15) is 38.8 Å². The molecule has 41 heavy (non-hydrogen) atoms. The van der Waals surface area contributed by atoms with E-state index in [1.807, 2.05) is 27.7 Å². The molecule has 220 valence electrons. The molecule has 0 spiro atoms. The fourth-order valence-corrected chi connectivity index (χ4v) is 6.01. The number of carbonyl (C=O) groups excluding carboxylic acids is 2. The number of amides is 2. The highest BCUT2D eigenvalue weighted by Crippen LogP contribution is 2.29. The standard InChI is InChI=1S/C30H35Cl2N3O5S/c1-6-40-24-14-12-23(13-15-24)35(41(38,39)25-16-10-21(4)11-17-25)19-29(36)34(22(5)30(37)33-20(2)3)18-26-27(31)8-7-9-28(26)32/h7-17,20,22H,6,18-19H2,1-5H3,(H,33,37)/t22-/m1/s1. The third kappa shape index (κ3) is 8.15. The topological polar surface area (TPSA) is 96.0 Å². The van der Waals surface area contributed by atoms with Gasteiger partial charge in [-0.25, -0.2) is 8.42 Å². The molecule has 0 saturated heterocycles. The summed E-state index contributed by atoms with van der Waals surface area (Å²) in [6, 6.07) is 16.6. The molecule has 0 aromatic heterocycles. The molecule has 3 aromatic carbocycles. The Balaban J connectivity index is 2.07. The zero-order chi connectivity index (χ0) is 30.3. The molecule has 0 unspecified atom stereocenters. The molecular formula is C30H35Cl2N3O5S. The molecule has 1 N–H and O–H groups in total. The van der Waals surface area contributed by atoms with E-state index in [9.17, 15) is 18.0 Å². The summed E-state index contributed by atoms with van der Waals surface area (Å²) in [4.78, 5) is 28.4. The Morgan fingerprint density at radius 1 is 0.927 bits per heavy atom. The molecule has 0 aliphatic heterocycles. The quantitative estimate of drug-likeness (QED) is 0.275. The number of carbonyl (C=O) groups is 2. The SMILES string of the molecule is CCOc1ccc(N(CC(=O)N(Cc2c(Cl)cccc2Cl)[C@H](C)C(=O)NC(C)C)S(=O)(=O)c2ccc(C)cc2)cc1. The van der Waals surface area contributed by atoms with Crippen molar-refractivity contribution in [3.8, 4) is 5.75 Å². The summed E-state index contributed by atoms with van der Waals surface area (Å²) in [5.74, 6) is -0.452. The van der Waals surface area contributed by atoms with E-state index in [0.717, 1.165) is 9.87 Å². The van der Waals surface area contributed by atoms with Gasteiger partial charge in [0.25, 0.3) is 10.0 Å². The van der Waals surface area contributed by atoms with Crippen LogP contribution in [0.5, 0.6) is 5.75 Å². The molecule has 3 rings (SSSR count). The summed E-state index contributed by atoms with van der Waals surface area (Å²) in [6.07, 6.45) is 0. The summed E-state index contributed by atoms with van der Waals surface area (Å²) in [6.45, 7) is 8.65. The van der Waals surface area contributed by atoms with Gasteiger partial charge in [0.1, 0.15) is 18.3 Å². The van der Waals surface area contributed by atoms with Crippen LogP contribution in [0.25, 0.3) is 0 Å². The van der Waals surface area contributed by atoms with Crippen LogP contribution in [0, 0.1) is 6.92 Å². The van der Waals surface area contributed by atoms with Crippen LogP contribution in [-0.4, -0.2) is 50.4 Å². The highest BCUT2D eigenvalue weighted by molar-refractivity contribution is 7.92. The van der Waals surface area contributed by atoms with Crippen LogP contribution >= 0.6 is 23.2 Å². The molecular weight excluding hydrogens is 585 g/mol. The maximum Gasteiger partial charge on any atom is 0.264 e. The van der Waals surface area contributed by atoms with Crippen molar-refractivity contribution < 1.29 is 22.7 Å². The van der Waals surface area contributed by atoms with Crippen molar-refractivity contribution in [1.29, 1.82) is 0 Å². The van der Waals surface area contributed by atoms with E-state index < -0.39 is 34.4 Å². The van der Waals surface area contributed by atoms with Crippen molar-refractivity contribution in [2.75, 3.05) is 17.5 Å². The number of hydrogen-bond donors (Lipinski definition) is 1. The fraction of sp³-hybridized carbons (Fsp3) is 0.333. The van der Waals surface area contributed by atoms with Gasteiger partial charge in [0.05, 0.1) is 17.2 Å². The predicted molar refractivity (Wildman–Crippen MR) is 163 cm³/mol. The van der Waals surface area contributed by atoms with E-state index in [0.29, 0.717) is 28.0 Å². The molecule has 0 saturated carbocycles. The van der Waals surface area contributed by atoms with E-state index in [-0.39, 0.29) is 23.2 Å². The predicted octanol–water partition coefficient (Wildman–Crippen LogP) is 5.84. The van der Waals surface area contributed by atoms with Gasteiger partial charge < -0.3 is 15.0 Å². The third-order valence-electron chi connectivity index (χ3n) is 6.31. The van der Waals surface area contributed by atoms with Crippen molar-refractivity contribution in [2.24, 2.45) is 0 Å². The Bertz CT molecular complexity index is 1440. The van der Waals surface area contributed by atoms with E-state index in [4.69, 9.17) is 27.9 Å². The molecule has 0 radical (unpaired) electrons. The van der Waals surface area contributed by atoms with Crippen LogP contribution < -0.4 is 14.4 Å². The Labute approximate surface area is 252 Å². The Kier molecular flexibility index (Phi) is 11.1. The first kappa shape index (κ1) is 32.2. The van der Waals surface area contributed by atoms with Gasteiger partial charge >= 0.3 is 0 Å². The summed E-state index contributed by atoms with van der Waals surface area (Å²) in [7, 11) is -4.19. The third-order valence-corrected chi connectivity index (χ3v) is 8.81. The zero-order valence-electron chi connectivity index (χ0n) is 23.7. The number of hydrogen-bond acceptors (Lipinski definition) is 5. The second-order valence-corrected chi connectivity index (χ2v) is 12.5. The molecule has 3 aromatic rings. The maximum atomic E-state index is 14.0. The maximum absolute atomic E-state index is 14.0. The van der Waals surface area contributed by atoms with Crippen molar-refractivity contribution in [2.45, 2.75) is 58.1 Å². The second kappa shape index (κ2) is 14.1. The number of benzene rings is 3. The van der Waals surface area contributed by atoms with Crippen molar-refractivity contribution in [1.82, 2.24) is 10.2 Å². The Morgan fingerprint density at radius 2 is 1.51 bits per heavy atom. The van der Waals surface area contributed by atoms with Crippen LogP contribution in [0.4, 0.5) is 5.69 Å². The number of nitrogens with zero attached hydrogens (tertiary/aromatic N) is 2. The van der Waals surface area contributed by atoms with E-state index in [1.165, 1.54) is 17.0 Å². The smallest absolute Gasteiger partial charge is 0.264 e. The Hall–Kier alpha value is -3.27. The molecule has 0 heterocycles. The monoisotopic (exact) mass is 619 g/mol. The van der Waals surface area contributed by atoms with Crippen molar-refractivity contribution in [3.05, 3.63) is 87.9 Å². The fourth-order valence-electron chi connectivity index (χ4n) is 4.08. The lowest BCUT2D eigenvalue weighted by Gasteiger charge is -2.32. The van der Waals surface area contributed by atoms with Crippen LogP contribution in [0.15, 0.2) is 71.6 Å². The van der Waals surface area contributed by atoms with E-state index >= 15 is 0 Å².